The van der Waals surface area contributed by atoms with Gasteiger partial charge in [-0.2, -0.15) is 0 Å². The van der Waals surface area contributed by atoms with Gasteiger partial charge in [-0.1, -0.05) is 23.7 Å². The van der Waals surface area contributed by atoms with Crippen LogP contribution in [0.1, 0.15) is 31.2 Å². The fourth-order valence-electron chi connectivity index (χ4n) is 4.31. The molecule has 0 atom stereocenters. The van der Waals surface area contributed by atoms with Gasteiger partial charge in [-0.05, 0) is 43.4 Å². The molecule has 0 radical (unpaired) electrons. The molecular weight excluding hydrogens is 366 g/mol. The first-order valence-corrected chi connectivity index (χ1v) is 9.89. The van der Waals surface area contributed by atoms with Gasteiger partial charge < -0.3 is 20.3 Å². The maximum atomic E-state index is 12.6. The highest BCUT2D eigenvalue weighted by molar-refractivity contribution is 6.30. The van der Waals surface area contributed by atoms with E-state index in [1.165, 1.54) is 5.56 Å². The summed E-state index contributed by atoms with van der Waals surface area (Å²) < 4.78 is 5.02. The van der Waals surface area contributed by atoms with Crippen molar-refractivity contribution in [1.82, 2.24) is 9.80 Å². The Labute approximate surface area is 165 Å². The molecule has 0 bridgehead atoms. The highest BCUT2D eigenvalue weighted by Gasteiger charge is 2.41. The molecule has 2 fully saturated rings. The average molecular weight is 394 g/mol. The van der Waals surface area contributed by atoms with Crippen LogP contribution in [0.3, 0.4) is 0 Å². The van der Waals surface area contributed by atoms with Crippen molar-refractivity contribution in [2.24, 2.45) is 5.73 Å². The van der Waals surface area contributed by atoms with Gasteiger partial charge in [0.05, 0.1) is 13.2 Å². The lowest BCUT2D eigenvalue weighted by Crippen LogP contribution is -2.58. The molecule has 1 aliphatic heterocycles. The third kappa shape index (κ3) is 4.28. The summed E-state index contributed by atoms with van der Waals surface area (Å²) in [7, 11) is 1.59. The predicted octanol–water partition coefficient (Wildman–Crippen LogP) is 1.80. The van der Waals surface area contributed by atoms with Crippen molar-refractivity contribution in [1.29, 1.82) is 0 Å². The fraction of sp³-hybridized carbons (Fsp3) is 0.600. The lowest BCUT2D eigenvalue weighted by molar-refractivity contribution is -0.153. The Balaban J connectivity index is 1.65. The number of nitrogens with two attached hydrogens (primary N) is 1. The first-order chi connectivity index (χ1) is 13.0. The third-order valence-corrected chi connectivity index (χ3v) is 6.29. The molecule has 3 rings (SSSR count). The standard InChI is InChI=1S/C20H28ClN3O3/c1-27-10-9-23-12-19(26)24(13-18(23)25)17-5-7-20(14-22,8-6-17)15-3-2-4-16(21)11-15/h2-4,11,17H,5-10,12-14,22H2,1H3. The number of amides is 2. The van der Waals surface area contributed by atoms with Crippen LogP contribution < -0.4 is 5.73 Å². The molecule has 2 amide bonds. The van der Waals surface area contributed by atoms with Crippen LogP contribution in [0.25, 0.3) is 0 Å². The van der Waals surface area contributed by atoms with Gasteiger partial charge in [0.2, 0.25) is 11.8 Å². The lowest BCUT2D eigenvalue weighted by atomic mass is 9.68. The minimum Gasteiger partial charge on any atom is -0.383 e. The van der Waals surface area contributed by atoms with Crippen LogP contribution in [-0.4, -0.2) is 67.6 Å². The van der Waals surface area contributed by atoms with Gasteiger partial charge in [0, 0.05) is 36.7 Å². The first kappa shape index (κ1) is 20.1. The highest BCUT2D eigenvalue weighted by atomic mass is 35.5. The molecule has 0 aromatic heterocycles. The maximum Gasteiger partial charge on any atom is 0.242 e. The molecule has 1 saturated carbocycles. The van der Waals surface area contributed by atoms with E-state index in [0.717, 1.165) is 30.7 Å². The SMILES string of the molecule is COCCN1CC(=O)N(C2CCC(CN)(c3cccc(Cl)c3)CC2)CC1=O. The molecule has 1 saturated heterocycles. The second-order valence-electron chi connectivity index (χ2n) is 7.56. The van der Waals surface area contributed by atoms with Crippen LogP contribution in [0, 0.1) is 0 Å². The van der Waals surface area contributed by atoms with E-state index in [1.807, 2.05) is 18.2 Å². The van der Waals surface area contributed by atoms with E-state index in [0.29, 0.717) is 19.7 Å². The van der Waals surface area contributed by atoms with Crippen molar-refractivity contribution in [3.63, 3.8) is 0 Å². The number of nitrogens with zero attached hydrogens (tertiary/aromatic N) is 2. The molecule has 27 heavy (non-hydrogen) atoms. The average Bonchev–Trinajstić information content (AvgIpc) is 2.68. The van der Waals surface area contributed by atoms with E-state index in [-0.39, 0.29) is 36.4 Å². The zero-order valence-electron chi connectivity index (χ0n) is 15.8. The number of methoxy groups -OCH3 is 1. The molecular formula is C20H28ClN3O3. The number of benzene rings is 1. The Morgan fingerprint density at radius 3 is 2.59 bits per heavy atom. The molecule has 1 aromatic rings. The molecule has 2 aliphatic rings. The fourth-order valence-corrected chi connectivity index (χ4v) is 4.50. The zero-order valence-corrected chi connectivity index (χ0v) is 16.6. The number of halogens is 1. The molecule has 0 spiro atoms. The Hall–Kier alpha value is -1.63. The van der Waals surface area contributed by atoms with E-state index in [9.17, 15) is 9.59 Å². The minimum atomic E-state index is -0.102. The number of carbonyl (C=O) groups is 2. The van der Waals surface area contributed by atoms with Gasteiger partial charge in [-0.25, -0.2) is 0 Å². The molecule has 2 N–H and O–H groups in total. The van der Waals surface area contributed by atoms with Gasteiger partial charge in [-0.15, -0.1) is 0 Å². The van der Waals surface area contributed by atoms with Crippen molar-refractivity contribution in [3.8, 4) is 0 Å². The minimum absolute atomic E-state index is 0.00264. The van der Waals surface area contributed by atoms with Crippen LogP contribution in [0.2, 0.25) is 5.02 Å². The van der Waals surface area contributed by atoms with E-state index in [1.54, 1.807) is 16.9 Å². The maximum absolute atomic E-state index is 12.6. The normalized spacial score (nSPS) is 26.6. The number of hydrogen-bond donors (Lipinski definition) is 1. The van der Waals surface area contributed by atoms with E-state index in [4.69, 9.17) is 22.1 Å². The zero-order chi connectivity index (χ0) is 19.4. The second-order valence-corrected chi connectivity index (χ2v) is 7.99. The predicted molar refractivity (Wildman–Crippen MR) is 105 cm³/mol. The summed E-state index contributed by atoms with van der Waals surface area (Å²) in [5.74, 6) is 0.0239. The van der Waals surface area contributed by atoms with Crippen LogP contribution in [0.5, 0.6) is 0 Å². The van der Waals surface area contributed by atoms with Crippen molar-refractivity contribution in [3.05, 3.63) is 34.9 Å². The molecule has 0 unspecified atom stereocenters. The summed E-state index contributed by atoms with van der Waals surface area (Å²) in [5, 5.41) is 0.718. The number of carbonyl (C=O) groups excluding carboxylic acids is 2. The lowest BCUT2D eigenvalue weighted by Gasteiger charge is -2.45. The van der Waals surface area contributed by atoms with Gasteiger partial charge >= 0.3 is 0 Å². The van der Waals surface area contributed by atoms with E-state index >= 15 is 0 Å². The van der Waals surface area contributed by atoms with Crippen molar-refractivity contribution < 1.29 is 14.3 Å². The van der Waals surface area contributed by atoms with Gasteiger partial charge in [0.15, 0.2) is 0 Å². The van der Waals surface area contributed by atoms with Gasteiger partial charge in [-0.3, -0.25) is 9.59 Å². The van der Waals surface area contributed by atoms with Crippen molar-refractivity contribution in [2.75, 3.05) is 39.9 Å². The summed E-state index contributed by atoms with van der Waals surface area (Å²) in [6, 6.07) is 8.02. The van der Waals surface area contributed by atoms with Crippen molar-refractivity contribution in [2.45, 2.75) is 37.1 Å². The highest BCUT2D eigenvalue weighted by Crippen LogP contribution is 2.41. The first-order valence-electron chi connectivity index (χ1n) is 9.51. The molecule has 1 heterocycles. The molecule has 6 nitrogen and oxygen atoms in total. The Morgan fingerprint density at radius 1 is 1.22 bits per heavy atom. The number of ether oxygens (including phenoxy) is 1. The monoisotopic (exact) mass is 393 g/mol. The topological polar surface area (TPSA) is 75.9 Å². The molecule has 1 aliphatic carbocycles. The number of rotatable bonds is 6. The number of piperazine rings is 1. The quantitative estimate of drug-likeness (QED) is 0.799. The Morgan fingerprint density at radius 2 is 1.96 bits per heavy atom. The third-order valence-electron chi connectivity index (χ3n) is 6.05. The number of hydrogen-bond acceptors (Lipinski definition) is 4. The Bertz CT molecular complexity index is 689. The van der Waals surface area contributed by atoms with Crippen LogP contribution in [0.4, 0.5) is 0 Å². The molecule has 7 heteroatoms. The van der Waals surface area contributed by atoms with Crippen LogP contribution in [-0.2, 0) is 19.7 Å². The summed E-state index contributed by atoms with van der Waals surface area (Å²) in [5.41, 5.74) is 7.23. The van der Waals surface area contributed by atoms with Crippen molar-refractivity contribution >= 4 is 23.4 Å². The second kappa shape index (κ2) is 8.59. The summed E-state index contributed by atoms with van der Waals surface area (Å²) >= 11 is 6.17. The molecule has 148 valence electrons. The Kier molecular flexibility index (Phi) is 6.40. The summed E-state index contributed by atoms with van der Waals surface area (Å²) in [4.78, 5) is 28.3. The summed E-state index contributed by atoms with van der Waals surface area (Å²) in [6.45, 7) is 1.78. The smallest absolute Gasteiger partial charge is 0.242 e. The van der Waals surface area contributed by atoms with Gasteiger partial charge in [0.25, 0.3) is 0 Å². The summed E-state index contributed by atoms with van der Waals surface area (Å²) in [6.07, 6.45) is 3.47. The van der Waals surface area contributed by atoms with Gasteiger partial charge in [0.1, 0.15) is 6.54 Å². The van der Waals surface area contributed by atoms with Crippen LogP contribution >= 0.6 is 11.6 Å². The van der Waals surface area contributed by atoms with E-state index in [2.05, 4.69) is 6.07 Å². The molecule has 1 aromatic carbocycles. The van der Waals surface area contributed by atoms with Crippen LogP contribution in [0.15, 0.2) is 24.3 Å². The van der Waals surface area contributed by atoms with E-state index < -0.39 is 0 Å². The largest absolute Gasteiger partial charge is 0.383 e.